The predicted octanol–water partition coefficient (Wildman–Crippen LogP) is 1.75. The third kappa shape index (κ3) is 2.05. The van der Waals surface area contributed by atoms with E-state index in [1.165, 1.54) is 25.9 Å². The maximum atomic E-state index is 5.25. The molecule has 0 amide bonds. The maximum Gasteiger partial charge on any atom is 0.0645 e. The number of hydrogen-bond acceptors (Lipinski definition) is 2. The van der Waals surface area contributed by atoms with E-state index in [1.54, 1.807) is 0 Å². The van der Waals surface area contributed by atoms with Crippen molar-refractivity contribution < 1.29 is 4.74 Å². The number of rotatable bonds is 1. The van der Waals surface area contributed by atoms with Gasteiger partial charge in [-0.2, -0.15) is 0 Å². The van der Waals surface area contributed by atoms with E-state index in [2.05, 4.69) is 18.7 Å². The van der Waals surface area contributed by atoms with Gasteiger partial charge in [-0.25, -0.2) is 0 Å². The molecule has 2 aliphatic rings. The molecule has 2 nitrogen and oxygen atoms in total. The molecule has 0 aromatic heterocycles. The van der Waals surface area contributed by atoms with E-state index in [-0.39, 0.29) is 0 Å². The molecule has 0 spiro atoms. The van der Waals surface area contributed by atoms with Crippen LogP contribution in [-0.4, -0.2) is 37.2 Å². The largest absolute Gasteiger partial charge is 0.378 e. The Hall–Kier alpha value is -0.0800. The van der Waals surface area contributed by atoms with Crippen LogP contribution in [0.2, 0.25) is 0 Å². The zero-order valence-corrected chi connectivity index (χ0v) is 8.83. The van der Waals surface area contributed by atoms with E-state index >= 15 is 0 Å². The third-order valence-corrected chi connectivity index (χ3v) is 3.74. The summed E-state index contributed by atoms with van der Waals surface area (Å²) in [5.41, 5.74) is 0. The lowest BCUT2D eigenvalue weighted by atomic mass is 9.93. The van der Waals surface area contributed by atoms with Crippen molar-refractivity contribution in [3.8, 4) is 0 Å². The van der Waals surface area contributed by atoms with Crippen LogP contribution in [0.25, 0.3) is 0 Å². The minimum atomic E-state index is 0.743. The fourth-order valence-corrected chi connectivity index (χ4v) is 2.31. The van der Waals surface area contributed by atoms with Crippen molar-refractivity contribution in [3.63, 3.8) is 0 Å². The Morgan fingerprint density at radius 2 is 1.92 bits per heavy atom. The molecule has 0 aromatic rings. The molecule has 0 bridgehead atoms. The quantitative estimate of drug-likeness (QED) is 0.614. The van der Waals surface area contributed by atoms with Gasteiger partial charge in [0, 0.05) is 6.54 Å². The first-order valence-electron chi connectivity index (χ1n) is 5.59. The van der Waals surface area contributed by atoms with Crippen molar-refractivity contribution in [2.75, 3.05) is 26.3 Å². The molecule has 2 rings (SSSR count). The van der Waals surface area contributed by atoms with Gasteiger partial charge in [0.25, 0.3) is 0 Å². The molecular formula is C11H21NO. The highest BCUT2D eigenvalue weighted by Crippen LogP contribution is 2.25. The highest BCUT2D eigenvalue weighted by atomic mass is 16.5. The van der Waals surface area contributed by atoms with Crippen molar-refractivity contribution >= 4 is 0 Å². The van der Waals surface area contributed by atoms with Gasteiger partial charge in [-0.1, -0.05) is 13.8 Å². The Morgan fingerprint density at radius 1 is 1.15 bits per heavy atom. The first-order valence-corrected chi connectivity index (χ1v) is 5.59. The summed E-state index contributed by atoms with van der Waals surface area (Å²) in [5.74, 6) is 1.77. The van der Waals surface area contributed by atoms with Gasteiger partial charge in [-0.05, 0) is 31.2 Å². The first kappa shape index (κ1) is 9.47. The second kappa shape index (κ2) is 3.97. The van der Waals surface area contributed by atoms with Crippen molar-refractivity contribution in [1.29, 1.82) is 0 Å². The molecule has 2 saturated heterocycles. The summed E-state index contributed by atoms with van der Waals surface area (Å²) in [4.78, 5) is 2.64. The van der Waals surface area contributed by atoms with Gasteiger partial charge in [0.15, 0.2) is 0 Å². The van der Waals surface area contributed by atoms with Crippen molar-refractivity contribution in [1.82, 2.24) is 4.90 Å². The van der Waals surface area contributed by atoms with Crippen molar-refractivity contribution in [3.05, 3.63) is 0 Å². The average Bonchev–Trinajstić information content (AvgIpc) is 2.12. The second-order valence-electron chi connectivity index (χ2n) is 4.78. The molecule has 2 unspecified atom stereocenters. The van der Waals surface area contributed by atoms with Crippen LogP contribution >= 0.6 is 0 Å². The zero-order valence-electron chi connectivity index (χ0n) is 8.83. The molecule has 2 heterocycles. The van der Waals surface area contributed by atoms with E-state index in [9.17, 15) is 0 Å². The van der Waals surface area contributed by atoms with E-state index in [4.69, 9.17) is 4.74 Å². The summed E-state index contributed by atoms with van der Waals surface area (Å²) in [5, 5.41) is 0. The molecule has 2 atom stereocenters. The van der Waals surface area contributed by atoms with E-state index in [0.717, 1.165) is 31.1 Å². The monoisotopic (exact) mass is 183 g/mol. The Morgan fingerprint density at radius 3 is 2.54 bits per heavy atom. The summed E-state index contributed by atoms with van der Waals surface area (Å²) < 4.78 is 5.25. The summed E-state index contributed by atoms with van der Waals surface area (Å²) in [7, 11) is 0. The molecule has 0 radical (unpaired) electrons. The molecule has 2 aliphatic heterocycles. The number of nitrogens with zero attached hydrogens (tertiary/aromatic N) is 1. The Labute approximate surface area is 81.3 Å². The summed E-state index contributed by atoms with van der Waals surface area (Å²) in [6.07, 6.45) is 2.78. The lowest BCUT2D eigenvalue weighted by Gasteiger charge is -2.37. The fourth-order valence-electron chi connectivity index (χ4n) is 2.31. The minimum absolute atomic E-state index is 0.743. The summed E-state index contributed by atoms with van der Waals surface area (Å²) in [6.45, 7) is 9.31. The lowest BCUT2D eigenvalue weighted by Crippen LogP contribution is -2.50. The maximum absolute atomic E-state index is 5.25. The molecule has 2 fully saturated rings. The van der Waals surface area contributed by atoms with Gasteiger partial charge in [-0.15, -0.1) is 0 Å². The zero-order chi connectivity index (χ0) is 9.26. The van der Waals surface area contributed by atoms with Gasteiger partial charge >= 0.3 is 0 Å². The average molecular weight is 183 g/mol. The molecule has 0 N–H and O–H groups in total. The number of hydrogen-bond donors (Lipinski definition) is 0. The summed E-state index contributed by atoms with van der Waals surface area (Å²) >= 11 is 0. The SMILES string of the molecule is CC1CCCN(C2COC2)CC1C. The highest BCUT2D eigenvalue weighted by molar-refractivity contribution is 4.82. The Kier molecular flexibility index (Phi) is 2.89. The molecule has 13 heavy (non-hydrogen) atoms. The van der Waals surface area contributed by atoms with Crippen LogP contribution in [0.3, 0.4) is 0 Å². The van der Waals surface area contributed by atoms with Crippen LogP contribution in [0.15, 0.2) is 0 Å². The van der Waals surface area contributed by atoms with Crippen LogP contribution in [-0.2, 0) is 4.74 Å². The third-order valence-electron chi connectivity index (χ3n) is 3.74. The van der Waals surface area contributed by atoms with E-state index < -0.39 is 0 Å². The van der Waals surface area contributed by atoms with Crippen molar-refractivity contribution in [2.24, 2.45) is 11.8 Å². The molecule has 0 aromatic carbocycles. The topological polar surface area (TPSA) is 12.5 Å². The lowest BCUT2D eigenvalue weighted by molar-refractivity contribution is -0.0671. The van der Waals surface area contributed by atoms with Crippen LogP contribution in [0.5, 0.6) is 0 Å². The van der Waals surface area contributed by atoms with Gasteiger partial charge in [0.2, 0.25) is 0 Å². The van der Waals surface area contributed by atoms with Crippen LogP contribution < -0.4 is 0 Å². The smallest absolute Gasteiger partial charge is 0.0645 e. The van der Waals surface area contributed by atoms with Crippen LogP contribution in [0.4, 0.5) is 0 Å². The fraction of sp³-hybridized carbons (Fsp3) is 1.00. The Bertz CT molecular complexity index is 167. The van der Waals surface area contributed by atoms with E-state index in [0.29, 0.717) is 0 Å². The molecule has 2 heteroatoms. The number of likely N-dealkylation sites (tertiary alicyclic amines) is 1. The number of ether oxygens (including phenoxy) is 1. The van der Waals surface area contributed by atoms with Gasteiger partial charge in [0.05, 0.1) is 19.3 Å². The van der Waals surface area contributed by atoms with Crippen LogP contribution in [0.1, 0.15) is 26.7 Å². The van der Waals surface area contributed by atoms with Gasteiger partial charge in [0.1, 0.15) is 0 Å². The first-order chi connectivity index (χ1) is 6.27. The normalized spacial score (nSPS) is 38.3. The van der Waals surface area contributed by atoms with Gasteiger partial charge in [-0.3, -0.25) is 4.90 Å². The molecular weight excluding hydrogens is 162 g/mol. The minimum Gasteiger partial charge on any atom is -0.378 e. The van der Waals surface area contributed by atoms with Crippen LogP contribution in [0, 0.1) is 11.8 Å². The standard InChI is InChI=1S/C11H21NO/c1-9-4-3-5-12(6-10(9)2)11-7-13-8-11/h9-11H,3-8H2,1-2H3. The molecule has 0 saturated carbocycles. The highest BCUT2D eigenvalue weighted by Gasteiger charge is 2.29. The Balaban J connectivity index is 1.89. The second-order valence-corrected chi connectivity index (χ2v) is 4.78. The summed E-state index contributed by atoms with van der Waals surface area (Å²) in [6, 6.07) is 0.743. The van der Waals surface area contributed by atoms with E-state index in [1.807, 2.05) is 0 Å². The van der Waals surface area contributed by atoms with Gasteiger partial charge < -0.3 is 4.74 Å². The molecule has 0 aliphatic carbocycles. The van der Waals surface area contributed by atoms with Crippen molar-refractivity contribution in [2.45, 2.75) is 32.7 Å². The predicted molar refractivity (Wildman–Crippen MR) is 53.7 cm³/mol. The molecule has 76 valence electrons.